The monoisotopic (exact) mass is 226 g/mol. The van der Waals surface area contributed by atoms with Gasteiger partial charge in [-0.15, -0.1) is 0 Å². The second-order valence-corrected chi connectivity index (χ2v) is 9.12. The highest BCUT2D eigenvalue weighted by Crippen LogP contribution is 2.28. The van der Waals surface area contributed by atoms with E-state index in [9.17, 15) is 4.79 Å². The van der Waals surface area contributed by atoms with Crippen molar-refractivity contribution in [1.82, 2.24) is 0 Å². The minimum absolute atomic E-state index is 0.178. The highest BCUT2D eigenvalue weighted by molar-refractivity contribution is 6.69. The number of aldehydes is 1. The largest absolute Gasteiger partial charge is 0.467 e. The first-order chi connectivity index (χ1) is 6.94. The molecule has 0 aliphatic heterocycles. The fourth-order valence-electron chi connectivity index (χ4n) is 1.33. The normalized spacial score (nSPS) is 16.0. The molecule has 0 amide bonds. The number of rotatable bonds is 5. The van der Waals surface area contributed by atoms with Crippen LogP contribution in [0.1, 0.15) is 18.8 Å². The number of carbonyl (C=O) groups is 1. The Kier molecular flexibility index (Phi) is 3.88. The molecule has 0 unspecified atom stereocenters. The Bertz CT molecular complexity index is 300. The highest BCUT2D eigenvalue weighted by atomic mass is 28.4. The van der Waals surface area contributed by atoms with Crippen LogP contribution in [0.15, 0.2) is 22.8 Å². The topological polar surface area (TPSA) is 39.4 Å². The van der Waals surface area contributed by atoms with E-state index in [4.69, 9.17) is 8.84 Å². The molecule has 0 bridgehead atoms. The zero-order valence-corrected chi connectivity index (χ0v) is 10.7. The molecule has 0 aliphatic carbocycles. The maximum atomic E-state index is 10.8. The quantitative estimate of drug-likeness (QED) is 0.572. The zero-order valence-electron chi connectivity index (χ0n) is 9.69. The summed E-state index contributed by atoms with van der Waals surface area (Å²) in [6.07, 6.45) is 2.27. The molecule has 0 N–H and O–H groups in total. The van der Waals surface area contributed by atoms with E-state index < -0.39 is 8.32 Å². The molecule has 0 saturated carbocycles. The van der Waals surface area contributed by atoms with E-state index in [-0.39, 0.29) is 12.0 Å². The van der Waals surface area contributed by atoms with Crippen LogP contribution in [0.2, 0.25) is 19.6 Å². The standard InChI is InChI=1S/C11H18O3Si/c1-9(8-12)11(14-15(2,3)4)10-6-5-7-13-10/h5-9,11H,1-4H3/t9-,11-/m0/s1. The molecular formula is C11H18O3Si. The van der Waals surface area contributed by atoms with Gasteiger partial charge < -0.3 is 13.6 Å². The Labute approximate surface area is 91.6 Å². The molecule has 1 aromatic heterocycles. The third-order valence-corrected chi connectivity index (χ3v) is 2.96. The van der Waals surface area contributed by atoms with E-state index in [2.05, 4.69) is 19.6 Å². The van der Waals surface area contributed by atoms with Gasteiger partial charge in [-0.1, -0.05) is 6.92 Å². The molecule has 0 saturated heterocycles. The first-order valence-corrected chi connectivity index (χ1v) is 8.51. The van der Waals surface area contributed by atoms with E-state index in [1.165, 1.54) is 0 Å². The second kappa shape index (κ2) is 4.77. The summed E-state index contributed by atoms with van der Waals surface area (Å²) < 4.78 is 11.3. The maximum Gasteiger partial charge on any atom is 0.184 e. The molecule has 1 aromatic rings. The molecule has 0 aliphatic rings. The van der Waals surface area contributed by atoms with E-state index in [0.29, 0.717) is 0 Å². The summed E-state index contributed by atoms with van der Waals surface area (Å²) in [5, 5.41) is 0. The van der Waals surface area contributed by atoms with E-state index >= 15 is 0 Å². The van der Waals surface area contributed by atoms with Crippen molar-refractivity contribution in [3.63, 3.8) is 0 Å². The molecule has 0 radical (unpaired) electrons. The number of hydrogen-bond donors (Lipinski definition) is 0. The highest BCUT2D eigenvalue weighted by Gasteiger charge is 2.28. The van der Waals surface area contributed by atoms with Crippen molar-refractivity contribution in [1.29, 1.82) is 0 Å². The van der Waals surface area contributed by atoms with E-state index in [1.807, 2.05) is 19.1 Å². The predicted molar refractivity (Wildman–Crippen MR) is 61.1 cm³/mol. The van der Waals surface area contributed by atoms with Gasteiger partial charge in [0.25, 0.3) is 0 Å². The molecule has 2 atom stereocenters. The number of hydrogen-bond acceptors (Lipinski definition) is 3. The summed E-state index contributed by atoms with van der Waals surface area (Å²) in [6.45, 7) is 8.14. The predicted octanol–water partition coefficient (Wildman–Crippen LogP) is 3.01. The van der Waals surface area contributed by atoms with Crippen molar-refractivity contribution in [2.45, 2.75) is 32.7 Å². The summed E-state index contributed by atoms with van der Waals surface area (Å²) >= 11 is 0. The third kappa shape index (κ3) is 3.64. The fourth-order valence-corrected chi connectivity index (χ4v) is 2.42. The summed E-state index contributed by atoms with van der Waals surface area (Å²) in [5.41, 5.74) is 0. The van der Waals surface area contributed by atoms with Gasteiger partial charge in [0, 0.05) is 5.92 Å². The van der Waals surface area contributed by atoms with Crippen molar-refractivity contribution in [3.8, 4) is 0 Å². The molecule has 4 heteroatoms. The summed E-state index contributed by atoms with van der Waals surface area (Å²) in [6, 6.07) is 3.66. The Morgan fingerprint density at radius 3 is 2.53 bits per heavy atom. The second-order valence-electron chi connectivity index (χ2n) is 4.66. The van der Waals surface area contributed by atoms with Gasteiger partial charge in [-0.25, -0.2) is 0 Å². The van der Waals surface area contributed by atoms with Gasteiger partial charge in [0.2, 0.25) is 0 Å². The average molecular weight is 226 g/mol. The molecule has 15 heavy (non-hydrogen) atoms. The molecule has 84 valence electrons. The lowest BCUT2D eigenvalue weighted by atomic mass is 10.1. The van der Waals surface area contributed by atoms with Crippen LogP contribution >= 0.6 is 0 Å². The minimum Gasteiger partial charge on any atom is -0.467 e. The summed E-state index contributed by atoms with van der Waals surface area (Å²) in [4.78, 5) is 10.8. The van der Waals surface area contributed by atoms with Gasteiger partial charge in [0.1, 0.15) is 18.2 Å². The number of carbonyl (C=O) groups excluding carboxylic acids is 1. The molecule has 3 nitrogen and oxygen atoms in total. The van der Waals surface area contributed by atoms with Crippen LogP contribution in [-0.4, -0.2) is 14.6 Å². The smallest absolute Gasteiger partial charge is 0.184 e. The van der Waals surface area contributed by atoms with Crippen molar-refractivity contribution >= 4 is 14.6 Å². The molecule has 0 spiro atoms. The lowest BCUT2D eigenvalue weighted by molar-refractivity contribution is -0.113. The van der Waals surface area contributed by atoms with Gasteiger partial charge in [-0.05, 0) is 31.8 Å². The first-order valence-electron chi connectivity index (χ1n) is 5.10. The van der Waals surface area contributed by atoms with E-state index in [0.717, 1.165) is 12.0 Å². The van der Waals surface area contributed by atoms with Crippen molar-refractivity contribution in [3.05, 3.63) is 24.2 Å². The Morgan fingerprint density at radius 2 is 2.13 bits per heavy atom. The summed E-state index contributed by atoms with van der Waals surface area (Å²) in [5.74, 6) is 0.555. The van der Waals surface area contributed by atoms with Gasteiger partial charge in [-0.3, -0.25) is 0 Å². The first kappa shape index (κ1) is 12.2. The van der Waals surface area contributed by atoms with Crippen molar-refractivity contribution < 1.29 is 13.6 Å². The molecular weight excluding hydrogens is 208 g/mol. The maximum absolute atomic E-state index is 10.8. The van der Waals surface area contributed by atoms with Gasteiger partial charge in [0.05, 0.1) is 6.26 Å². The molecule has 0 fully saturated rings. The van der Waals surface area contributed by atoms with Crippen LogP contribution < -0.4 is 0 Å². The fraction of sp³-hybridized carbons (Fsp3) is 0.545. The van der Waals surface area contributed by atoms with Crippen LogP contribution in [0, 0.1) is 5.92 Å². The molecule has 1 rings (SSSR count). The molecule has 1 heterocycles. The van der Waals surface area contributed by atoms with Crippen molar-refractivity contribution in [2.75, 3.05) is 0 Å². The van der Waals surface area contributed by atoms with Gasteiger partial charge >= 0.3 is 0 Å². The summed E-state index contributed by atoms with van der Waals surface area (Å²) in [7, 11) is -1.67. The minimum atomic E-state index is -1.67. The van der Waals surface area contributed by atoms with E-state index in [1.54, 1.807) is 6.26 Å². The van der Waals surface area contributed by atoms with Crippen LogP contribution in [0.5, 0.6) is 0 Å². The lowest BCUT2D eigenvalue weighted by Crippen LogP contribution is -2.30. The SMILES string of the molecule is C[C@@H](C=O)[C@H](O[Si](C)(C)C)c1ccco1. The van der Waals surface area contributed by atoms with Crippen LogP contribution in [0.3, 0.4) is 0 Å². The van der Waals surface area contributed by atoms with Crippen molar-refractivity contribution in [2.24, 2.45) is 5.92 Å². The molecule has 0 aromatic carbocycles. The van der Waals surface area contributed by atoms with Gasteiger partial charge in [-0.2, -0.15) is 0 Å². The van der Waals surface area contributed by atoms with Crippen LogP contribution in [0.25, 0.3) is 0 Å². The average Bonchev–Trinajstić information content (AvgIpc) is 2.64. The Balaban J connectivity index is 2.84. The number of furan rings is 1. The lowest BCUT2D eigenvalue weighted by Gasteiger charge is -2.26. The van der Waals surface area contributed by atoms with Gasteiger partial charge in [0.15, 0.2) is 8.32 Å². The Hall–Kier alpha value is -0.873. The zero-order chi connectivity index (χ0) is 11.5. The Morgan fingerprint density at radius 1 is 1.47 bits per heavy atom. The van der Waals surface area contributed by atoms with Crippen LogP contribution in [0.4, 0.5) is 0 Å². The van der Waals surface area contributed by atoms with Crippen LogP contribution in [-0.2, 0) is 9.22 Å². The third-order valence-electron chi connectivity index (χ3n) is 2.00.